The minimum Gasteiger partial charge on any atom is -0.444 e. The van der Waals surface area contributed by atoms with Crippen LogP contribution in [-0.4, -0.2) is 69.1 Å². The van der Waals surface area contributed by atoms with E-state index in [1.54, 1.807) is 76.9 Å². The summed E-state index contributed by atoms with van der Waals surface area (Å²) in [6.07, 6.45) is 3.46. The van der Waals surface area contributed by atoms with Crippen LogP contribution in [0.4, 0.5) is 9.59 Å². The Morgan fingerprint density at radius 1 is 0.682 bits per heavy atom. The molecule has 5 aromatic rings. The molecule has 14 nitrogen and oxygen atoms in total. The molecule has 1 fully saturated rings. The summed E-state index contributed by atoms with van der Waals surface area (Å²) >= 11 is 0. The second-order valence-electron chi connectivity index (χ2n) is 18.6. The monoisotopic (exact) mass is 897 g/mol. The lowest BCUT2D eigenvalue weighted by Gasteiger charge is -2.29. The van der Waals surface area contributed by atoms with Crippen LogP contribution < -0.4 is 21.3 Å². The average Bonchev–Trinajstić information content (AvgIpc) is 3.98. The van der Waals surface area contributed by atoms with Gasteiger partial charge in [0.15, 0.2) is 0 Å². The van der Waals surface area contributed by atoms with Gasteiger partial charge in [0, 0.05) is 19.5 Å². The van der Waals surface area contributed by atoms with E-state index in [1.807, 2.05) is 79.7 Å². The fraction of sp³-hybridized carbons (Fsp3) is 0.385. The molecule has 0 saturated carbocycles. The Kier molecular flexibility index (Phi) is 16.0. The van der Waals surface area contributed by atoms with Crippen molar-refractivity contribution >= 4 is 29.9 Å². The van der Waals surface area contributed by atoms with E-state index in [1.165, 1.54) is 0 Å². The Hall–Kier alpha value is -6.96. The average molecular weight is 898 g/mol. The van der Waals surface area contributed by atoms with Crippen molar-refractivity contribution in [2.45, 2.75) is 116 Å². The van der Waals surface area contributed by atoms with Crippen LogP contribution in [0.25, 0.3) is 22.4 Å². The Morgan fingerprint density at radius 3 is 1.79 bits per heavy atom. The van der Waals surface area contributed by atoms with Gasteiger partial charge in [-0.3, -0.25) is 14.4 Å². The molecule has 6 rings (SSSR count). The fourth-order valence-corrected chi connectivity index (χ4v) is 7.79. The van der Waals surface area contributed by atoms with Crippen molar-refractivity contribution < 1.29 is 33.4 Å². The summed E-state index contributed by atoms with van der Waals surface area (Å²) in [4.78, 5) is 75.4. The van der Waals surface area contributed by atoms with E-state index in [9.17, 15) is 24.0 Å². The number of alkyl carbamates (subject to hydrolysis) is 2. The minimum atomic E-state index is -0.916. The van der Waals surface area contributed by atoms with Crippen LogP contribution in [0.15, 0.2) is 115 Å². The van der Waals surface area contributed by atoms with Crippen LogP contribution in [0.2, 0.25) is 0 Å². The highest BCUT2D eigenvalue weighted by Crippen LogP contribution is 2.35. The molecule has 14 heteroatoms. The Labute approximate surface area is 387 Å². The third-order valence-corrected chi connectivity index (χ3v) is 11.0. The number of carbonyl (C=O) groups excluding carboxylic acids is 5. The van der Waals surface area contributed by atoms with Crippen molar-refractivity contribution in [2.75, 3.05) is 13.1 Å². The number of imidazole rings is 1. The zero-order valence-electron chi connectivity index (χ0n) is 39.0. The molecule has 0 spiro atoms. The number of likely N-dealkylation sites (tertiary alicyclic amines) is 1. The number of H-pyrrole nitrogens is 1. The summed E-state index contributed by atoms with van der Waals surface area (Å²) < 4.78 is 10.9. The van der Waals surface area contributed by atoms with Crippen molar-refractivity contribution in [3.05, 3.63) is 138 Å². The number of hydrogen-bond acceptors (Lipinski definition) is 8. The lowest BCUT2D eigenvalue weighted by Crippen LogP contribution is -2.44. The van der Waals surface area contributed by atoms with Crippen molar-refractivity contribution in [1.82, 2.24) is 36.1 Å². The largest absolute Gasteiger partial charge is 0.444 e. The van der Waals surface area contributed by atoms with E-state index >= 15 is 0 Å². The molecule has 1 aliphatic rings. The topological polar surface area (TPSA) is 184 Å². The predicted octanol–water partition coefficient (Wildman–Crippen LogP) is 9.40. The molecule has 0 bridgehead atoms. The van der Waals surface area contributed by atoms with Gasteiger partial charge in [-0.05, 0) is 108 Å². The van der Waals surface area contributed by atoms with Gasteiger partial charge in [-0.25, -0.2) is 14.6 Å². The molecule has 66 heavy (non-hydrogen) atoms. The Balaban J connectivity index is 0.979. The maximum absolute atomic E-state index is 14.1. The van der Waals surface area contributed by atoms with Gasteiger partial charge in [-0.15, -0.1) is 0 Å². The summed E-state index contributed by atoms with van der Waals surface area (Å²) in [5.74, 6) is 0.0293. The van der Waals surface area contributed by atoms with Crippen molar-refractivity contribution in [3.63, 3.8) is 0 Å². The molecule has 0 radical (unpaired) electrons. The van der Waals surface area contributed by atoms with E-state index in [-0.39, 0.29) is 29.8 Å². The molecule has 1 aromatic heterocycles. The second-order valence-corrected chi connectivity index (χ2v) is 18.6. The molecule has 348 valence electrons. The van der Waals surface area contributed by atoms with E-state index in [0.29, 0.717) is 49.3 Å². The number of nitrogens with one attached hydrogen (secondary N) is 5. The predicted molar refractivity (Wildman–Crippen MR) is 254 cm³/mol. The van der Waals surface area contributed by atoms with Crippen molar-refractivity contribution in [3.8, 4) is 22.4 Å². The first-order valence-corrected chi connectivity index (χ1v) is 22.7. The van der Waals surface area contributed by atoms with Gasteiger partial charge >= 0.3 is 12.2 Å². The summed E-state index contributed by atoms with van der Waals surface area (Å²) in [6.45, 7) is 13.5. The number of aromatic amines is 1. The number of amides is 5. The molecule has 1 aliphatic heterocycles. The minimum absolute atomic E-state index is 0.0805. The number of rotatable bonds is 16. The van der Waals surface area contributed by atoms with E-state index in [4.69, 9.17) is 14.5 Å². The molecule has 5 N–H and O–H groups in total. The SMILES string of the molecule is C[C@@H](NC(=O)CCCCNC(=O)[C@H](NC(=O)OC(C)(C)C)c1ccccc1)c1ccc(-c2ccc(-c3cnc([C@@H]4CCCN4C(=O)[C@H](NC(=O)OC(C)(C)C)c4ccccc4)[nH]3)cc2)cc1. The summed E-state index contributed by atoms with van der Waals surface area (Å²) in [5.41, 5.74) is 4.69. The number of ether oxygens (including phenoxy) is 2. The highest BCUT2D eigenvalue weighted by Gasteiger charge is 2.37. The van der Waals surface area contributed by atoms with Crippen LogP contribution in [0.3, 0.4) is 0 Å². The van der Waals surface area contributed by atoms with E-state index < -0.39 is 35.5 Å². The number of unbranched alkanes of at least 4 members (excludes halogenated alkanes) is 1. The van der Waals surface area contributed by atoms with Gasteiger partial charge in [-0.2, -0.15) is 0 Å². The van der Waals surface area contributed by atoms with Crippen molar-refractivity contribution in [2.24, 2.45) is 0 Å². The number of nitrogens with zero attached hydrogens (tertiary/aromatic N) is 2. The molecule has 4 atom stereocenters. The summed E-state index contributed by atoms with van der Waals surface area (Å²) in [6, 6.07) is 32.1. The third kappa shape index (κ3) is 13.8. The number of aromatic nitrogens is 2. The van der Waals surface area contributed by atoms with E-state index in [2.05, 4.69) is 38.4 Å². The molecule has 0 unspecified atom stereocenters. The van der Waals surface area contributed by atoms with Gasteiger partial charge in [-0.1, -0.05) is 109 Å². The van der Waals surface area contributed by atoms with Gasteiger partial charge in [0.1, 0.15) is 29.1 Å². The summed E-state index contributed by atoms with van der Waals surface area (Å²) in [5, 5.41) is 11.4. The van der Waals surface area contributed by atoms with Gasteiger partial charge in [0.05, 0.1) is 24.0 Å². The standard InChI is InChI=1S/C52H63N7O7/c1-34(55-43(60)22-14-15-31-53-47(61)44(39-17-10-8-11-18-39)57-49(63)65-51(2,3)4)35-23-25-36(26-24-35)37-27-29-38(30-28-37)41-33-54-46(56-41)42-21-16-32-59(42)48(62)45(40-19-12-9-13-20-40)58-50(64)66-52(5,6)7/h8-13,17-20,23-30,33-34,42,44-45H,14-16,21-22,31-32H2,1-7H3,(H,53,61)(H,54,56)(H,55,60)(H,57,63)(H,58,64)/t34-,42+,44-,45-/m1/s1. The molecule has 4 aromatic carbocycles. The van der Waals surface area contributed by atoms with Gasteiger partial charge in [0.2, 0.25) is 11.8 Å². The molecule has 2 heterocycles. The molecular weight excluding hydrogens is 835 g/mol. The van der Waals surface area contributed by atoms with Gasteiger partial charge in [0.25, 0.3) is 5.91 Å². The van der Waals surface area contributed by atoms with Crippen molar-refractivity contribution in [1.29, 1.82) is 0 Å². The van der Waals surface area contributed by atoms with Crippen LogP contribution in [-0.2, 0) is 23.9 Å². The van der Waals surface area contributed by atoms with Crippen LogP contribution in [0.1, 0.15) is 127 Å². The normalized spacial score (nSPS) is 15.2. The molecule has 1 saturated heterocycles. The smallest absolute Gasteiger partial charge is 0.408 e. The van der Waals surface area contributed by atoms with Crippen LogP contribution in [0, 0.1) is 0 Å². The second kappa shape index (κ2) is 21.8. The lowest BCUT2D eigenvalue weighted by atomic mass is 10.00. The number of carbonyl (C=O) groups is 5. The van der Waals surface area contributed by atoms with Gasteiger partial charge < -0.3 is 40.6 Å². The zero-order chi connectivity index (χ0) is 47.4. The van der Waals surface area contributed by atoms with E-state index in [0.717, 1.165) is 40.8 Å². The zero-order valence-corrected chi connectivity index (χ0v) is 39.0. The third-order valence-electron chi connectivity index (χ3n) is 11.0. The number of hydrogen-bond donors (Lipinski definition) is 5. The Morgan fingerprint density at radius 2 is 1.21 bits per heavy atom. The Bertz CT molecular complexity index is 2410. The first kappa shape index (κ1) is 48.5. The first-order valence-electron chi connectivity index (χ1n) is 22.7. The highest BCUT2D eigenvalue weighted by atomic mass is 16.6. The quantitative estimate of drug-likeness (QED) is 0.0607. The molecule has 5 amide bonds. The fourth-order valence-electron chi connectivity index (χ4n) is 7.79. The first-order chi connectivity index (χ1) is 31.4. The van der Waals surface area contributed by atoms with Crippen LogP contribution in [0.5, 0.6) is 0 Å². The highest BCUT2D eigenvalue weighted by molar-refractivity contribution is 5.88. The molecular formula is C52H63N7O7. The lowest BCUT2D eigenvalue weighted by molar-refractivity contribution is -0.134. The molecule has 0 aliphatic carbocycles. The maximum Gasteiger partial charge on any atom is 0.408 e. The van der Waals surface area contributed by atoms with Crippen LogP contribution >= 0.6 is 0 Å². The number of benzene rings is 4. The maximum atomic E-state index is 14.1. The summed E-state index contributed by atoms with van der Waals surface area (Å²) in [7, 11) is 0.